The molecular formula is C13H9NO. The Kier molecular flexibility index (Phi) is 1.48. The van der Waals surface area contributed by atoms with Gasteiger partial charge in [0.25, 0.3) is 0 Å². The lowest BCUT2D eigenvalue weighted by atomic mass is 9.95. The van der Waals surface area contributed by atoms with Crippen LogP contribution in [0.15, 0.2) is 47.7 Å². The third-order valence-electron chi connectivity index (χ3n) is 2.77. The fraction of sp³-hybridized carbons (Fsp3) is 0. The molecule has 3 rings (SSSR count). The summed E-state index contributed by atoms with van der Waals surface area (Å²) in [4.78, 5) is 0. The molecule has 0 aromatic heterocycles. The van der Waals surface area contributed by atoms with Crippen LogP contribution in [0.3, 0.4) is 0 Å². The summed E-state index contributed by atoms with van der Waals surface area (Å²) in [6.07, 6.45) is 5.40. The second-order valence-electron chi connectivity index (χ2n) is 3.65. The molecule has 2 aliphatic carbocycles. The maximum Gasteiger partial charge on any atom is 0.141 e. The summed E-state index contributed by atoms with van der Waals surface area (Å²) in [5, 5.41) is 17.2. The molecule has 2 N–H and O–H groups in total. The van der Waals surface area contributed by atoms with Gasteiger partial charge in [0.1, 0.15) is 11.5 Å². The van der Waals surface area contributed by atoms with Gasteiger partial charge in [-0.25, -0.2) is 0 Å². The first-order valence-corrected chi connectivity index (χ1v) is 4.79. The molecule has 0 spiro atoms. The van der Waals surface area contributed by atoms with Gasteiger partial charge in [-0.1, -0.05) is 24.3 Å². The van der Waals surface area contributed by atoms with Crippen molar-refractivity contribution < 1.29 is 5.11 Å². The number of benzene rings is 1. The number of aliphatic hydroxyl groups excluding tert-OH is 1. The molecular weight excluding hydrogens is 186 g/mol. The van der Waals surface area contributed by atoms with E-state index in [1.807, 2.05) is 36.4 Å². The van der Waals surface area contributed by atoms with Gasteiger partial charge in [-0.2, -0.15) is 0 Å². The molecule has 0 heterocycles. The molecule has 0 fully saturated rings. The molecule has 0 aliphatic heterocycles. The van der Waals surface area contributed by atoms with Gasteiger partial charge in [0.15, 0.2) is 0 Å². The van der Waals surface area contributed by atoms with Gasteiger partial charge in [0.05, 0.1) is 0 Å². The van der Waals surface area contributed by atoms with E-state index in [0.29, 0.717) is 0 Å². The lowest BCUT2D eigenvalue weighted by molar-refractivity contribution is 0.443. The topological polar surface area (TPSA) is 44.1 Å². The summed E-state index contributed by atoms with van der Waals surface area (Å²) >= 11 is 0. The van der Waals surface area contributed by atoms with Crippen LogP contribution in [0.4, 0.5) is 0 Å². The minimum Gasteiger partial charge on any atom is -0.506 e. The fourth-order valence-corrected chi connectivity index (χ4v) is 2.02. The zero-order valence-corrected chi connectivity index (χ0v) is 7.99. The van der Waals surface area contributed by atoms with E-state index in [1.165, 1.54) is 0 Å². The molecule has 0 saturated heterocycles. The highest BCUT2D eigenvalue weighted by molar-refractivity contribution is 6.26. The van der Waals surface area contributed by atoms with Gasteiger partial charge in [0, 0.05) is 5.57 Å². The summed E-state index contributed by atoms with van der Waals surface area (Å²) < 4.78 is 0. The first-order valence-electron chi connectivity index (χ1n) is 4.79. The number of nitrogens with one attached hydrogen (secondary N) is 1. The van der Waals surface area contributed by atoms with Crippen LogP contribution in [0, 0.1) is 5.41 Å². The molecule has 0 atom stereocenters. The Morgan fingerprint density at radius 3 is 2.67 bits per heavy atom. The van der Waals surface area contributed by atoms with E-state index in [2.05, 4.69) is 0 Å². The molecule has 2 heteroatoms. The molecule has 0 radical (unpaired) electrons. The minimum atomic E-state index is 0.0396. The van der Waals surface area contributed by atoms with Crippen LogP contribution in [-0.2, 0) is 0 Å². The lowest BCUT2D eigenvalue weighted by Gasteiger charge is -2.11. The van der Waals surface area contributed by atoms with Crippen molar-refractivity contribution in [1.29, 1.82) is 5.41 Å². The molecule has 0 amide bonds. The summed E-state index contributed by atoms with van der Waals surface area (Å²) in [5.41, 5.74) is 4.32. The van der Waals surface area contributed by atoms with Crippen molar-refractivity contribution in [1.82, 2.24) is 0 Å². The molecule has 1 aromatic carbocycles. The zero-order chi connectivity index (χ0) is 10.4. The van der Waals surface area contributed by atoms with Crippen molar-refractivity contribution in [3.8, 4) is 0 Å². The average molecular weight is 195 g/mol. The van der Waals surface area contributed by atoms with Crippen LogP contribution >= 0.6 is 0 Å². The van der Waals surface area contributed by atoms with E-state index in [0.717, 1.165) is 22.3 Å². The van der Waals surface area contributed by atoms with E-state index in [1.54, 1.807) is 6.08 Å². The molecule has 2 nitrogen and oxygen atoms in total. The SMILES string of the molecule is N=C1C(O)=CC=C2C1=Cc1ccccc12. The van der Waals surface area contributed by atoms with Crippen LogP contribution in [0.25, 0.3) is 11.6 Å². The number of allylic oxidation sites excluding steroid dienone is 4. The zero-order valence-electron chi connectivity index (χ0n) is 7.99. The smallest absolute Gasteiger partial charge is 0.141 e. The Labute approximate surface area is 87.4 Å². The van der Waals surface area contributed by atoms with Crippen LogP contribution in [-0.4, -0.2) is 10.8 Å². The Balaban J connectivity index is 2.26. The lowest BCUT2D eigenvalue weighted by Crippen LogP contribution is -2.07. The Bertz CT molecular complexity index is 562. The first-order chi connectivity index (χ1) is 7.27. The summed E-state index contributed by atoms with van der Waals surface area (Å²) in [7, 11) is 0. The maximum atomic E-state index is 9.45. The third kappa shape index (κ3) is 1.02. The Hall–Kier alpha value is -2.09. The highest BCUT2D eigenvalue weighted by atomic mass is 16.3. The number of hydrogen-bond acceptors (Lipinski definition) is 2. The summed E-state index contributed by atoms with van der Waals surface area (Å²) in [5.74, 6) is 0.0396. The Morgan fingerprint density at radius 1 is 1.00 bits per heavy atom. The van der Waals surface area contributed by atoms with Crippen LogP contribution in [0.5, 0.6) is 0 Å². The average Bonchev–Trinajstić information content (AvgIpc) is 2.63. The van der Waals surface area contributed by atoms with Gasteiger partial charge < -0.3 is 5.11 Å². The molecule has 15 heavy (non-hydrogen) atoms. The second kappa shape index (κ2) is 2.70. The predicted molar refractivity (Wildman–Crippen MR) is 60.8 cm³/mol. The van der Waals surface area contributed by atoms with E-state index in [-0.39, 0.29) is 11.5 Å². The number of fused-ring (bicyclic) bond motifs is 3. The van der Waals surface area contributed by atoms with E-state index in [9.17, 15) is 5.11 Å². The van der Waals surface area contributed by atoms with Gasteiger partial charge in [0.2, 0.25) is 0 Å². The monoisotopic (exact) mass is 195 g/mol. The van der Waals surface area contributed by atoms with Crippen molar-refractivity contribution in [2.75, 3.05) is 0 Å². The molecule has 72 valence electrons. The molecule has 0 bridgehead atoms. The van der Waals surface area contributed by atoms with Crippen molar-refractivity contribution in [3.05, 3.63) is 58.9 Å². The molecule has 1 aromatic rings. The molecule has 0 saturated carbocycles. The van der Waals surface area contributed by atoms with E-state index in [4.69, 9.17) is 5.41 Å². The largest absolute Gasteiger partial charge is 0.506 e. The van der Waals surface area contributed by atoms with Crippen molar-refractivity contribution in [3.63, 3.8) is 0 Å². The summed E-state index contributed by atoms with van der Waals surface area (Å²) in [6.45, 7) is 0. The second-order valence-corrected chi connectivity index (χ2v) is 3.65. The Morgan fingerprint density at radius 2 is 1.80 bits per heavy atom. The standard InChI is InChI=1S/C13H9NO/c14-13-11-7-8-3-1-2-4-9(8)10(11)5-6-12(13)15/h1-7,14-15H. The van der Waals surface area contributed by atoms with Crippen LogP contribution in [0.1, 0.15) is 11.1 Å². The maximum absolute atomic E-state index is 9.45. The van der Waals surface area contributed by atoms with Gasteiger partial charge in [-0.05, 0) is 34.9 Å². The van der Waals surface area contributed by atoms with Gasteiger partial charge in [-0.15, -0.1) is 0 Å². The highest BCUT2D eigenvalue weighted by Crippen LogP contribution is 2.38. The molecule has 2 aliphatic rings. The normalized spacial score (nSPS) is 17.6. The number of rotatable bonds is 0. The van der Waals surface area contributed by atoms with Crippen LogP contribution < -0.4 is 0 Å². The quantitative estimate of drug-likeness (QED) is 0.656. The minimum absolute atomic E-state index is 0.0396. The summed E-state index contributed by atoms with van der Waals surface area (Å²) in [6, 6.07) is 8.02. The molecule has 0 unspecified atom stereocenters. The third-order valence-corrected chi connectivity index (χ3v) is 2.77. The van der Waals surface area contributed by atoms with Gasteiger partial charge >= 0.3 is 0 Å². The fourth-order valence-electron chi connectivity index (χ4n) is 2.02. The van der Waals surface area contributed by atoms with Gasteiger partial charge in [-0.3, -0.25) is 5.41 Å². The number of hydrogen-bond donors (Lipinski definition) is 2. The van der Waals surface area contributed by atoms with Crippen molar-refractivity contribution in [2.45, 2.75) is 0 Å². The van der Waals surface area contributed by atoms with E-state index < -0.39 is 0 Å². The van der Waals surface area contributed by atoms with E-state index >= 15 is 0 Å². The first kappa shape index (κ1) is 8.24. The highest BCUT2D eigenvalue weighted by Gasteiger charge is 2.25. The van der Waals surface area contributed by atoms with Crippen LogP contribution in [0.2, 0.25) is 0 Å². The predicted octanol–water partition coefficient (Wildman–Crippen LogP) is 2.94. The number of aliphatic hydroxyl groups is 1. The van der Waals surface area contributed by atoms with Crippen molar-refractivity contribution in [2.24, 2.45) is 0 Å². The van der Waals surface area contributed by atoms with Crippen molar-refractivity contribution >= 4 is 17.4 Å².